The fourth-order valence-corrected chi connectivity index (χ4v) is 1.42. The van der Waals surface area contributed by atoms with Crippen LogP contribution in [-0.2, 0) is 7.05 Å². The minimum atomic E-state index is -0.0106. The van der Waals surface area contributed by atoms with Gasteiger partial charge in [0, 0.05) is 7.05 Å². The molecule has 0 aromatic carbocycles. The van der Waals surface area contributed by atoms with Gasteiger partial charge >= 0.3 is 0 Å². The van der Waals surface area contributed by atoms with Gasteiger partial charge < -0.3 is 15.6 Å². The zero-order valence-electron chi connectivity index (χ0n) is 9.12. The second kappa shape index (κ2) is 4.13. The van der Waals surface area contributed by atoms with Crippen molar-refractivity contribution in [2.75, 3.05) is 11.1 Å². The van der Waals surface area contributed by atoms with Gasteiger partial charge in [-0.25, -0.2) is 4.98 Å². The number of nitrogens with one attached hydrogen (secondary N) is 1. The van der Waals surface area contributed by atoms with E-state index in [0.717, 1.165) is 5.82 Å². The maximum atomic E-state index is 5.54. The van der Waals surface area contributed by atoms with Gasteiger partial charge in [0.1, 0.15) is 18.0 Å². The van der Waals surface area contributed by atoms with Gasteiger partial charge in [-0.05, 0) is 6.92 Å². The number of hydrogen-bond donors (Lipinski definition) is 2. The first kappa shape index (κ1) is 10.3. The van der Waals surface area contributed by atoms with E-state index in [-0.39, 0.29) is 6.04 Å². The number of hydrogen-bond acceptors (Lipinski definition) is 6. The largest absolute Gasteiger partial charge is 0.382 e. The molecule has 2 aromatic heterocycles. The highest BCUT2D eigenvalue weighted by Crippen LogP contribution is 2.14. The number of aromatic nitrogens is 5. The number of anilines is 2. The van der Waals surface area contributed by atoms with Crippen LogP contribution in [0.3, 0.4) is 0 Å². The quantitative estimate of drug-likeness (QED) is 0.774. The van der Waals surface area contributed by atoms with E-state index in [9.17, 15) is 0 Å². The molecule has 3 N–H and O–H groups in total. The average molecular weight is 219 g/mol. The van der Waals surface area contributed by atoms with Crippen LogP contribution < -0.4 is 11.1 Å². The van der Waals surface area contributed by atoms with Crippen LogP contribution in [-0.4, -0.2) is 24.7 Å². The highest BCUT2D eigenvalue weighted by Gasteiger charge is 2.11. The van der Waals surface area contributed by atoms with Crippen LogP contribution in [0.2, 0.25) is 0 Å². The lowest BCUT2D eigenvalue weighted by Gasteiger charge is -2.13. The summed E-state index contributed by atoms with van der Waals surface area (Å²) in [5, 5.41) is 11.0. The molecule has 2 heterocycles. The lowest BCUT2D eigenvalue weighted by atomic mass is 10.3. The summed E-state index contributed by atoms with van der Waals surface area (Å²) >= 11 is 0. The normalized spacial score (nSPS) is 12.4. The molecule has 0 aliphatic carbocycles. The van der Waals surface area contributed by atoms with Gasteiger partial charge in [0.05, 0.1) is 18.4 Å². The van der Waals surface area contributed by atoms with E-state index < -0.39 is 0 Å². The molecule has 2 aromatic rings. The lowest BCUT2D eigenvalue weighted by molar-refractivity contribution is 0.716. The maximum Gasteiger partial charge on any atom is 0.154 e. The summed E-state index contributed by atoms with van der Waals surface area (Å²) in [7, 11) is 1.89. The molecule has 0 radical (unpaired) electrons. The Morgan fingerprint density at radius 3 is 2.88 bits per heavy atom. The number of rotatable bonds is 3. The molecule has 0 aliphatic heterocycles. The molecule has 0 saturated carbocycles. The Kier molecular flexibility index (Phi) is 2.67. The van der Waals surface area contributed by atoms with Crippen LogP contribution >= 0.6 is 0 Å². The van der Waals surface area contributed by atoms with E-state index in [1.165, 1.54) is 6.20 Å². The standard InChI is InChI=1S/C9H13N7/c1-6(9-15-12-5-16(9)2)13-8-4-11-3-7(10)14-8/h3-6H,1-2H3,(H3,10,13,14). The predicted octanol–water partition coefficient (Wildman–Crippen LogP) is 0.360. The first-order chi connectivity index (χ1) is 7.66. The second-order valence-corrected chi connectivity index (χ2v) is 3.50. The smallest absolute Gasteiger partial charge is 0.154 e. The van der Waals surface area contributed by atoms with E-state index in [4.69, 9.17) is 5.73 Å². The van der Waals surface area contributed by atoms with Crippen LogP contribution in [0.4, 0.5) is 11.6 Å². The molecule has 0 bridgehead atoms. The van der Waals surface area contributed by atoms with Gasteiger partial charge in [0.25, 0.3) is 0 Å². The fraction of sp³-hybridized carbons (Fsp3) is 0.333. The Morgan fingerprint density at radius 2 is 2.25 bits per heavy atom. The SMILES string of the molecule is CC(Nc1cncc(N)n1)c1nncn1C. The van der Waals surface area contributed by atoms with Crippen LogP contribution in [0.1, 0.15) is 18.8 Å². The third kappa shape index (κ3) is 2.08. The Bertz CT molecular complexity index is 478. The molecule has 2 rings (SSSR count). The van der Waals surface area contributed by atoms with Gasteiger partial charge in [-0.3, -0.25) is 4.98 Å². The Labute approximate surface area is 92.7 Å². The average Bonchev–Trinajstić information content (AvgIpc) is 2.64. The van der Waals surface area contributed by atoms with Crippen LogP contribution in [0.15, 0.2) is 18.7 Å². The minimum absolute atomic E-state index is 0.0106. The Balaban J connectivity index is 2.14. The van der Waals surface area contributed by atoms with Crippen molar-refractivity contribution >= 4 is 11.6 Å². The van der Waals surface area contributed by atoms with Crippen molar-refractivity contribution in [1.82, 2.24) is 24.7 Å². The molecule has 0 aliphatic rings. The predicted molar refractivity (Wildman–Crippen MR) is 59.5 cm³/mol. The molecule has 0 saturated heterocycles. The summed E-state index contributed by atoms with van der Waals surface area (Å²) in [5.74, 6) is 1.83. The summed E-state index contributed by atoms with van der Waals surface area (Å²) < 4.78 is 1.84. The van der Waals surface area contributed by atoms with Gasteiger partial charge in [0.2, 0.25) is 0 Å². The lowest BCUT2D eigenvalue weighted by Crippen LogP contribution is -2.13. The van der Waals surface area contributed by atoms with Gasteiger partial charge in [-0.15, -0.1) is 10.2 Å². The topological polar surface area (TPSA) is 94.5 Å². The molecule has 7 heteroatoms. The van der Waals surface area contributed by atoms with E-state index in [1.54, 1.807) is 12.5 Å². The van der Waals surface area contributed by atoms with E-state index in [2.05, 4.69) is 25.5 Å². The summed E-state index contributed by atoms with van der Waals surface area (Å²) in [4.78, 5) is 8.05. The van der Waals surface area contributed by atoms with Crippen molar-refractivity contribution in [3.8, 4) is 0 Å². The summed E-state index contributed by atoms with van der Waals surface area (Å²) in [5.41, 5.74) is 5.54. The molecule has 0 fully saturated rings. The highest BCUT2D eigenvalue weighted by molar-refractivity contribution is 5.39. The van der Waals surface area contributed by atoms with Crippen molar-refractivity contribution in [3.05, 3.63) is 24.5 Å². The second-order valence-electron chi connectivity index (χ2n) is 3.50. The van der Waals surface area contributed by atoms with Crippen molar-refractivity contribution in [3.63, 3.8) is 0 Å². The number of nitrogens with zero attached hydrogens (tertiary/aromatic N) is 5. The maximum absolute atomic E-state index is 5.54. The number of nitrogens with two attached hydrogens (primary N) is 1. The van der Waals surface area contributed by atoms with Gasteiger partial charge in [0.15, 0.2) is 5.82 Å². The molecule has 84 valence electrons. The van der Waals surface area contributed by atoms with Crippen LogP contribution in [0.5, 0.6) is 0 Å². The van der Waals surface area contributed by atoms with Crippen molar-refractivity contribution in [2.24, 2.45) is 7.05 Å². The zero-order chi connectivity index (χ0) is 11.5. The third-order valence-electron chi connectivity index (χ3n) is 2.15. The van der Waals surface area contributed by atoms with Crippen molar-refractivity contribution in [1.29, 1.82) is 0 Å². The first-order valence-electron chi connectivity index (χ1n) is 4.85. The van der Waals surface area contributed by atoms with E-state index in [0.29, 0.717) is 11.6 Å². The number of aryl methyl sites for hydroxylation is 1. The molecular weight excluding hydrogens is 206 g/mol. The summed E-state index contributed by atoms with van der Waals surface area (Å²) in [6, 6.07) is -0.0106. The van der Waals surface area contributed by atoms with Crippen molar-refractivity contribution in [2.45, 2.75) is 13.0 Å². The Hall–Kier alpha value is -2.18. The van der Waals surface area contributed by atoms with Gasteiger partial charge in [-0.2, -0.15) is 0 Å². The Morgan fingerprint density at radius 1 is 1.44 bits per heavy atom. The van der Waals surface area contributed by atoms with Crippen LogP contribution in [0.25, 0.3) is 0 Å². The molecule has 1 unspecified atom stereocenters. The van der Waals surface area contributed by atoms with E-state index >= 15 is 0 Å². The monoisotopic (exact) mass is 219 g/mol. The highest BCUT2D eigenvalue weighted by atomic mass is 15.3. The third-order valence-corrected chi connectivity index (χ3v) is 2.15. The zero-order valence-corrected chi connectivity index (χ0v) is 9.12. The molecule has 1 atom stereocenters. The molecule has 0 spiro atoms. The minimum Gasteiger partial charge on any atom is -0.382 e. The van der Waals surface area contributed by atoms with E-state index in [1.807, 2.05) is 18.5 Å². The molecular formula is C9H13N7. The molecule has 7 nitrogen and oxygen atoms in total. The summed E-state index contributed by atoms with van der Waals surface area (Å²) in [6.45, 7) is 1.97. The molecule has 0 amide bonds. The van der Waals surface area contributed by atoms with Gasteiger partial charge in [-0.1, -0.05) is 0 Å². The first-order valence-corrected chi connectivity index (χ1v) is 4.85. The fourth-order valence-electron chi connectivity index (χ4n) is 1.42. The molecule has 16 heavy (non-hydrogen) atoms. The van der Waals surface area contributed by atoms with Crippen LogP contribution in [0, 0.1) is 0 Å². The summed E-state index contributed by atoms with van der Waals surface area (Å²) in [6.07, 6.45) is 4.76. The number of nitrogen functional groups attached to an aromatic ring is 1. The van der Waals surface area contributed by atoms with Crippen molar-refractivity contribution < 1.29 is 0 Å².